The summed E-state index contributed by atoms with van der Waals surface area (Å²) in [6, 6.07) is 3.78. The van der Waals surface area contributed by atoms with Crippen LogP contribution < -0.4 is 4.74 Å². The third-order valence-corrected chi connectivity index (χ3v) is 8.33. The first-order valence-corrected chi connectivity index (χ1v) is 13.6. The zero-order valence-electron chi connectivity index (χ0n) is 22.6. The van der Waals surface area contributed by atoms with Gasteiger partial charge in [0.15, 0.2) is 5.65 Å². The molecule has 0 spiro atoms. The number of ether oxygens (including phenoxy) is 2. The Morgan fingerprint density at radius 2 is 1.92 bits per heavy atom. The number of carbonyl (C=O) groups excluding carboxylic acids is 2. The SMILES string of the molecule is Cc1nc2c3c(nn2c(C)c1Cl)CN(C(=O)c1ccc(F)cc1OC1CC2CCC1N2C(=O)OC(C)(C)C)C3. The molecule has 3 aromatic rings. The van der Waals surface area contributed by atoms with E-state index in [2.05, 4.69) is 10.1 Å². The van der Waals surface area contributed by atoms with E-state index >= 15 is 0 Å². The van der Waals surface area contributed by atoms with Crippen LogP contribution in [0.5, 0.6) is 5.75 Å². The summed E-state index contributed by atoms with van der Waals surface area (Å²) in [5.41, 5.74) is 3.48. The van der Waals surface area contributed by atoms with E-state index in [9.17, 15) is 14.0 Å². The molecule has 0 aliphatic carbocycles. The molecule has 3 atom stereocenters. The van der Waals surface area contributed by atoms with Gasteiger partial charge in [-0.05, 0) is 59.6 Å². The summed E-state index contributed by atoms with van der Waals surface area (Å²) < 4.78 is 28.0. The highest BCUT2D eigenvalue weighted by molar-refractivity contribution is 6.31. The summed E-state index contributed by atoms with van der Waals surface area (Å²) in [7, 11) is 0. The third kappa shape index (κ3) is 4.38. The summed E-state index contributed by atoms with van der Waals surface area (Å²) in [6.07, 6.45) is 1.52. The van der Waals surface area contributed by atoms with Crippen molar-refractivity contribution in [3.63, 3.8) is 0 Å². The zero-order chi connectivity index (χ0) is 27.8. The standard InChI is InChI=1S/C28H31ClFN5O4/c1-14-24(29)15(2)35-25(31-14)19-12-33(13-20(19)32-35)26(36)18-8-6-16(30)10-22(18)38-23-11-17-7-9-21(23)34(17)27(37)39-28(3,4)5/h6,8,10,17,21,23H,7,9,11-13H2,1-5H3. The van der Waals surface area contributed by atoms with Crippen LogP contribution in [-0.2, 0) is 17.8 Å². The van der Waals surface area contributed by atoms with Gasteiger partial charge in [0.25, 0.3) is 5.91 Å². The van der Waals surface area contributed by atoms with Crippen molar-refractivity contribution in [1.29, 1.82) is 0 Å². The molecule has 2 saturated heterocycles. The highest BCUT2D eigenvalue weighted by Crippen LogP contribution is 2.41. The van der Waals surface area contributed by atoms with Gasteiger partial charge < -0.3 is 14.4 Å². The molecule has 1 aromatic carbocycles. The van der Waals surface area contributed by atoms with Crippen LogP contribution in [0.15, 0.2) is 18.2 Å². The second-order valence-electron chi connectivity index (χ2n) is 11.6. The normalized spacial score (nSPS) is 22.1. The van der Waals surface area contributed by atoms with E-state index in [-0.39, 0.29) is 41.5 Å². The number of hydrogen-bond acceptors (Lipinski definition) is 6. The number of amides is 2. The maximum atomic E-state index is 14.4. The molecule has 11 heteroatoms. The Hall–Kier alpha value is -3.40. The molecule has 2 fully saturated rings. The van der Waals surface area contributed by atoms with E-state index in [1.54, 1.807) is 14.3 Å². The molecular weight excluding hydrogens is 525 g/mol. The van der Waals surface area contributed by atoms with Gasteiger partial charge in [0, 0.05) is 24.1 Å². The van der Waals surface area contributed by atoms with E-state index in [0.717, 1.165) is 29.8 Å². The maximum Gasteiger partial charge on any atom is 0.410 e. The molecule has 3 unspecified atom stereocenters. The third-order valence-electron chi connectivity index (χ3n) is 7.78. The van der Waals surface area contributed by atoms with Gasteiger partial charge in [0.1, 0.15) is 23.3 Å². The molecule has 206 valence electrons. The summed E-state index contributed by atoms with van der Waals surface area (Å²) >= 11 is 6.36. The fraction of sp³-hybridized carbons (Fsp3) is 0.500. The number of aryl methyl sites for hydroxylation is 2. The van der Waals surface area contributed by atoms with Gasteiger partial charge in [-0.15, -0.1) is 0 Å². The van der Waals surface area contributed by atoms with Crippen LogP contribution in [0.1, 0.15) is 73.0 Å². The van der Waals surface area contributed by atoms with Crippen molar-refractivity contribution in [3.8, 4) is 5.75 Å². The van der Waals surface area contributed by atoms with Gasteiger partial charge in [-0.3, -0.25) is 9.69 Å². The number of aromatic nitrogens is 3. The van der Waals surface area contributed by atoms with Crippen LogP contribution in [0.3, 0.4) is 0 Å². The van der Waals surface area contributed by atoms with Crippen molar-refractivity contribution < 1.29 is 23.5 Å². The molecule has 0 N–H and O–H groups in total. The lowest BCUT2D eigenvalue weighted by Gasteiger charge is -2.28. The minimum atomic E-state index is -0.605. The number of rotatable bonds is 3. The van der Waals surface area contributed by atoms with Crippen molar-refractivity contribution >= 4 is 29.2 Å². The Morgan fingerprint density at radius 3 is 2.67 bits per heavy atom. The van der Waals surface area contributed by atoms with Gasteiger partial charge >= 0.3 is 6.09 Å². The van der Waals surface area contributed by atoms with Crippen LogP contribution in [0.4, 0.5) is 9.18 Å². The molecule has 2 amide bonds. The van der Waals surface area contributed by atoms with Crippen LogP contribution in [-0.4, -0.2) is 60.2 Å². The molecular formula is C28H31ClFN5O4. The molecule has 2 bridgehead atoms. The van der Waals surface area contributed by atoms with Gasteiger partial charge in [0.05, 0.1) is 46.8 Å². The number of hydrogen-bond donors (Lipinski definition) is 0. The maximum absolute atomic E-state index is 14.4. The van der Waals surface area contributed by atoms with Crippen molar-refractivity contribution in [3.05, 3.63) is 57.2 Å². The molecule has 5 heterocycles. The summed E-state index contributed by atoms with van der Waals surface area (Å²) in [5.74, 6) is -0.601. The lowest BCUT2D eigenvalue weighted by Crippen LogP contribution is -2.42. The fourth-order valence-corrected chi connectivity index (χ4v) is 6.14. The summed E-state index contributed by atoms with van der Waals surface area (Å²) in [4.78, 5) is 34.6. The number of fused-ring (bicyclic) bond motifs is 5. The fourth-order valence-electron chi connectivity index (χ4n) is 6.02. The Morgan fingerprint density at radius 1 is 1.15 bits per heavy atom. The van der Waals surface area contributed by atoms with E-state index in [4.69, 9.17) is 21.1 Å². The number of benzene rings is 1. The smallest absolute Gasteiger partial charge is 0.410 e. The van der Waals surface area contributed by atoms with E-state index in [1.165, 1.54) is 18.2 Å². The van der Waals surface area contributed by atoms with Crippen LogP contribution in [0.25, 0.3) is 5.65 Å². The van der Waals surface area contributed by atoms with Gasteiger partial charge in [-0.1, -0.05) is 11.6 Å². The predicted octanol–water partition coefficient (Wildman–Crippen LogP) is 5.21. The predicted molar refractivity (Wildman–Crippen MR) is 141 cm³/mol. The summed E-state index contributed by atoms with van der Waals surface area (Å²) in [6.45, 7) is 9.85. The molecule has 3 aliphatic rings. The first kappa shape index (κ1) is 25.9. The Labute approximate surface area is 230 Å². The number of halogens is 2. The molecule has 9 nitrogen and oxygen atoms in total. The first-order valence-electron chi connectivity index (χ1n) is 13.2. The summed E-state index contributed by atoms with van der Waals surface area (Å²) in [5, 5.41) is 5.22. The van der Waals surface area contributed by atoms with Crippen molar-refractivity contribution in [1.82, 2.24) is 24.4 Å². The average Bonchev–Trinajstić information content (AvgIpc) is 3.61. The molecule has 0 radical (unpaired) electrons. The second kappa shape index (κ2) is 9.08. The van der Waals surface area contributed by atoms with Crippen LogP contribution in [0.2, 0.25) is 5.02 Å². The lowest BCUT2D eigenvalue weighted by atomic mass is 9.97. The molecule has 0 saturated carbocycles. The van der Waals surface area contributed by atoms with Crippen molar-refractivity contribution in [2.75, 3.05) is 0 Å². The number of carbonyl (C=O) groups is 2. The molecule has 3 aliphatic heterocycles. The molecule has 2 aromatic heterocycles. The van der Waals surface area contributed by atoms with Crippen LogP contribution >= 0.6 is 11.6 Å². The van der Waals surface area contributed by atoms with E-state index in [0.29, 0.717) is 35.9 Å². The second-order valence-corrected chi connectivity index (χ2v) is 12.0. The van der Waals surface area contributed by atoms with Crippen LogP contribution in [0, 0.1) is 19.7 Å². The Bertz CT molecular complexity index is 1520. The zero-order valence-corrected chi connectivity index (χ0v) is 23.4. The Kier molecular flexibility index (Phi) is 6.02. The van der Waals surface area contributed by atoms with Gasteiger partial charge in [-0.2, -0.15) is 5.10 Å². The monoisotopic (exact) mass is 555 g/mol. The van der Waals surface area contributed by atoms with Gasteiger partial charge in [-0.25, -0.2) is 18.7 Å². The van der Waals surface area contributed by atoms with Crippen molar-refractivity contribution in [2.24, 2.45) is 0 Å². The van der Waals surface area contributed by atoms with E-state index < -0.39 is 11.4 Å². The first-order chi connectivity index (χ1) is 18.4. The van der Waals surface area contributed by atoms with E-state index in [1.807, 2.05) is 34.6 Å². The minimum absolute atomic E-state index is 0.000384. The number of nitrogens with zero attached hydrogens (tertiary/aromatic N) is 5. The molecule has 6 rings (SSSR count). The highest BCUT2D eigenvalue weighted by Gasteiger charge is 2.51. The largest absolute Gasteiger partial charge is 0.487 e. The quantitative estimate of drug-likeness (QED) is 0.440. The van der Waals surface area contributed by atoms with Crippen molar-refractivity contribution in [2.45, 2.75) is 90.8 Å². The Balaban J connectivity index is 1.23. The highest BCUT2D eigenvalue weighted by atomic mass is 35.5. The lowest BCUT2D eigenvalue weighted by molar-refractivity contribution is 0.0180. The topological polar surface area (TPSA) is 89.3 Å². The minimum Gasteiger partial charge on any atom is -0.487 e. The average molecular weight is 556 g/mol. The molecule has 39 heavy (non-hydrogen) atoms. The van der Waals surface area contributed by atoms with Gasteiger partial charge in [0.2, 0.25) is 0 Å².